The fourth-order valence-corrected chi connectivity index (χ4v) is 2.53. The highest BCUT2D eigenvalue weighted by atomic mass is 19.4. The molecule has 2 rings (SSSR count). The van der Waals surface area contributed by atoms with Gasteiger partial charge in [-0.1, -0.05) is 6.07 Å². The number of carbonyl (C=O) groups is 1. The number of hydrogen-bond acceptors (Lipinski definition) is 3. The highest BCUT2D eigenvalue weighted by molar-refractivity contribution is 5.94. The highest BCUT2D eigenvalue weighted by Crippen LogP contribution is 2.32. The van der Waals surface area contributed by atoms with Gasteiger partial charge in [0.2, 0.25) is 0 Å². The second kappa shape index (κ2) is 8.28. The molecule has 8 heteroatoms. The van der Waals surface area contributed by atoms with Crippen molar-refractivity contribution in [2.75, 3.05) is 27.8 Å². The first-order valence-corrected chi connectivity index (χ1v) is 8.00. The van der Waals surface area contributed by atoms with E-state index in [1.54, 1.807) is 12.1 Å². The SMILES string of the molecule is COc1ccc(CCN(C)C(=O)c2ccc(C(F)(F)F)c(F)c2)cc1OC. The van der Waals surface area contributed by atoms with Gasteiger partial charge in [0.1, 0.15) is 5.82 Å². The van der Waals surface area contributed by atoms with E-state index in [-0.39, 0.29) is 12.1 Å². The Hall–Kier alpha value is -2.77. The smallest absolute Gasteiger partial charge is 0.419 e. The molecular formula is C19H19F4NO3. The van der Waals surface area contributed by atoms with Crippen LogP contribution in [0.15, 0.2) is 36.4 Å². The Morgan fingerprint density at radius 1 is 1.04 bits per heavy atom. The van der Waals surface area contributed by atoms with E-state index in [0.717, 1.165) is 11.6 Å². The number of nitrogens with zero attached hydrogens (tertiary/aromatic N) is 1. The Morgan fingerprint density at radius 2 is 1.70 bits per heavy atom. The van der Waals surface area contributed by atoms with Crippen LogP contribution in [0.5, 0.6) is 11.5 Å². The molecule has 0 fully saturated rings. The Labute approximate surface area is 154 Å². The van der Waals surface area contributed by atoms with Crippen LogP contribution in [0.25, 0.3) is 0 Å². The zero-order valence-electron chi connectivity index (χ0n) is 15.1. The van der Waals surface area contributed by atoms with Crippen molar-refractivity contribution in [3.63, 3.8) is 0 Å². The lowest BCUT2D eigenvalue weighted by Crippen LogP contribution is -2.29. The van der Waals surface area contributed by atoms with Crippen LogP contribution in [0.1, 0.15) is 21.5 Å². The Bertz CT molecular complexity index is 821. The topological polar surface area (TPSA) is 38.8 Å². The summed E-state index contributed by atoms with van der Waals surface area (Å²) in [4.78, 5) is 13.7. The molecule has 0 spiro atoms. The fraction of sp³-hybridized carbons (Fsp3) is 0.316. The number of benzene rings is 2. The van der Waals surface area contributed by atoms with Gasteiger partial charge in [0.15, 0.2) is 11.5 Å². The summed E-state index contributed by atoms with van der Waals surface area (Å²) in [5.41, 5.74) is -0.659. The summed E-state index contributed by atoms with van der Waals surface area (Å²) >= 11 is 0. The zero-order valence-corrected chi connectivity index (χ0v) is 15.1. The molecule has 27 heavy (non-hydrogen) atoms. The molecule has 0 aromatic heterocycles. The van der Waals surface area contributed by atoms with E-state index in [0.29, 0.717) is 30.1 Å². The lowest BCUT2D eigenvalue weighted by atomic mass is 10.1. The van der Waals surface area contributed by atoms with Crippen molar-refractivity contribution in [3.05, 3.63) is 58.9 Å². The first-order chi connectivity index (χ1) is 12.7. The van der Waals surface area contributed by atoms with Gasteiger partial charge in [-0.25, -0.2) is 4.39 Å². The summed E-state index contributed by atoms with van der Waals surface area (Å²) < 4.78 is 61.9. The summed E-state index contributed by atoms with van der Waals surface area (Å²) in [6, 6.07) is 7.48. The van der Waals surface area contributed by atoms with Crippen molar-refractivity contribution in [3.8, 4) is 11.5 Å². The third kappa shape index (κ3) is 4.90. The Balaban J connectivity index is 2.07. The molecule has 0 aliphatic carbocycles. The average Bonchev–Trinajstić information content (AvgIpc) is 2.63. The standard InChI is InChI=1S/C19H19F4NO3/c1-24(9-8-12-4-7-16(26-2)17(10-12)27-3)18(25)13-5-6-14(15(20)11-13)19(21,22)23/h4-7,10-11H,8-9H2,1-3H3. The number of halogens is 4. The van der Waals surface area contributed by atoms with Crippen LogP contribution in [0.2, 0.25) is 0 Å². The zero-order chi connectivity index (χ0) is 20.2. The predicted octanol–water partition coefficient (Wildman–Crippen LogP) is 4.18. The number of ether oxygens (including phenoxy) is 2. The van der Waals surface area contributed by atoms with E-state index in [2.05, 4.69) is 0 Å². The van der Waals surface area contributed by atoms with Crippen molar-refractivity contribution in [1.82, 2.24) is 4.90 Å². The molecule has 0 atom stereocenters. The van der Waals surface area contributed by atoms with Crippen LogP contribution < -0.4 is 9.47 Å². The van der Waals surface area contributed by atoms with Crippen molar-refractivity contribution in [2.24, 2.45) is 0 Å². The third-order valence-corrected chi connectivity index (χ3v) is 4.05. The quantitative estimate of drug-likeness (QED) is 0.701. The van der Waals surface area contributed by atoms with E-state index in [4.69, 9.17) is 9.47 Å². The lowest BCUT2D eigenvalue weighted by molar-refractivity contribution is -0.140. The van der Waals surface area contributed by atoms with Crippen molar-refractivity contribution >= 4 is 5.91 Å². The van der Waals surface area contributed by atoms with Crippen LogP contribution in [0, 0.1) is 5.82 Å². The number of amides is 1. The summed E-state index contributed by atoms with van der Waals surface area (Å²) in [7, 11) is 4.53. The summed E-state index contributed by atoms with van der Waals surface area (Å²) in [5, 5.41) is 0. The number of hydrogen-bond donors (Lipinski definition) is 0. The molecule has 146 valence electrons. The molecule has 1 amide bonds. The van der Waals surface area contributed by atoms with Crippen molar-refractivity contribution < 1.29 is 31.8 Å². The minimum Gasteiger partial charge on any atom is -0.493 e. The molecule has 2 aromatic carbocycles. The maximum atomic E-state index is 13.7. The van der Waals surface area contributed by atoms with Gasteiger partial charge in [-0.2, -0.15) is 13.2 Å². The minimum atomic E-state index is -4.80. The number of alkyl halides is 3. The van der Waals surface area contributed by atoms with Crippen LogP contribution in [0.3, 0.4) is 0 Å². The number of carbonyl (C=O) groups excluding carboxylic acids is 1. The molecule has 0 bridgehead atoms. The molecule has 0 radical (unpaired) electrons. The van der Waals surface area contributed by atoms with Gasteiger partial charge in [-0.3, -0.25) is 4.79 Å². The second-order valence-corrected chi connectivity index (χ2v) is 5.86. The summed E-state index contributed by atoms with van der Waals surface area (Å²) in [6.07, 6.45) is -4.32. The van der Waals surface area contributed by atoms with Gasteiger partial charge < -0.3 is 14.4 Å². The van der Waals surface area contributed by atoms with Gasteiger partial charge >= 0.3 is 6.18 Å². The second-order valence-electron chi connectivity index (χ2n) is 5.86. The Kier molecular flexibility index (Phi) is 6.30. The van der Waals surface area contributed by atoms with Gasteiger partial charge in [0.25, 0.3) is 5.91 Å². The predicted molar refractivity (Wildman–Crippen MR) is 91.6 cm³/mol. The van der Waals surface area contributed by atoms with Crippen LogP contribution in [-0.2, 0) is 12.6 Å². The summed E-state index contributed by atoms with van der Waals surface area (Å²) in [6.45, 7) is 0.289. The number of rotatable bonds is 6. The molecule has 0 aliphatic rings. The monoisotopic (exact) mass is 385 g/mol. The minimum absolute atomic E-state index is 0.143. The molecule has 0 unspecified atom stereocenters. The first kappa shape index (κ1) is 20.5. The third-order valence-electron chi connectivity index (χ3n) is 4.05. The van der Waals surface area contributed by atoms with Gasteiger partial charge in [-0.05, 0) is 42.3 Å². The maximum Gasteiger partial charge on any atom is 0.419 e. The molecular weight excluding hydrogens is 366 g/mol. The fourth-order valence-electron chi connectivity index (χ4n) is 2.53. The van der Waals surface area contributed by atoms with E-state index in [1.807, 2.05) is 6.07 Å². The van der Waals surface area contributed by atoms with E-state index >= 15 is 0 Å². The van der Waals surface area contributed by atoms with Crippen LogP contribution >= 0.6 is 0 Å². The summed E-state index contributed by atoms with van der Waals surface area (Å²) in [5.74, 6) is -0.913. The molecule has 0 N–H and O–H groups in total. The number of methoxy groups -OCH3 is 2. The Morgan fingerprint density at radius 3 is 2.26 bits per heavy atom. The van der Waals surface area contributed by atoms with E-state index < -0.39 is 23.5 Å². The van der Waals surface area contributed by atoms with E-state index in [1.165, 1.54) is 26.2 Å². The lowest BCUT2D eigenvalue weighted by Gasteiger charge is -2.18. The largest absolute Gasteiger partial charge is 0.493 e. The van der Waals surface area contributed by atoms with Gasteiger partial charge in [0, 0.05) is 19.2 Å². The van der Waals surface area contributed by atoms with Gasteiger partial charge in [0.05, 0.1) is 19.8 Å². The normalized spacial score (nSPS) is 11.2. The molecule has 0 saturated heterocycles. The van der Waals surface area contributed by atoms with Crippen LogP contribution in [-0.4, -0.2) is 38.6 Å². The highest BCUT2D eigenvalue weighted by Gasteiger charge is 2.34. The average molecular weight is 385 g/mol. The van der Waals surface area contributed by atoms with Crippen molar-refractivity contribution in [2.45, 2.75) is 12.6 Å². The molecule has 2 aromatic rings. The number of likely N-dealkylation sites (N-methyl/N-ethyl adjacent to an activating group) is 1. The molecule has 0 aliphatic heterocycles. The van der Waals surface area contributed by atoms with E-state index in [9.17, 15) is 22.4 Å². The van der Waals surface area contributed by atoms with Gasteiger partial charge in [-0.15, -0.1) is 0 Å². The molecule has 0 saturated carbocycles. The molecule has 4 nitrogen and oxygen atoms in total. The maximum absolute atomic E-state index is 13.7. The van der Waals surface area contributed by atoms with Crippen LogP contribution in [0.4, 0.5) is 17.6 Å². The molecule has 0 heterocycles. The first-order valence-electron chi connectivity index (χ1n) is 8.00. The van der Waals surface area contributed by atoms with Crippen molar-refractivity contribution in [1.29, 1.82) is 0 Å².